The van der Waals surface area contributed by atoms with Crippen molar-refractivity contribution in [3.63, 3.8) is 0 Å². The van der Waals surface area contributed by atoms with Crippen molar-refractivity contribution in [1.29, 1.82) is 0 Å². The van der Waals surface area contributed by atoms with Gasteiger partial charge in [-0.2, -0.15) is 18.2 Å². The van der Waals surface area contributed by atoms with Crippen LogP contribution in [0.4, 0.5) is 0 Å². The first-order chi connectivity index (χ1) is 21.3. The Morgan fingerprint density at radius 2 is 0.959 bits per heavy atom. The second kappa shape index (κ2) is 15.9. The molecule has 0 unspecified atom stereocenters. The van der Waals surface area contributed by atoms with Gasteiger partial charge >= 0.3 is 26.2 Å². The van der Waals surface area contributed by atoms with Gasteiger partial charge in [0.15, 0.2) is 0 Å². The predicted molar refractivity (Wildman–Crippen MR) is 201 cm³/mol. The third-order valence-corrected chi connectivity index (χ3v) is 9.33. The monoisotopic (exact) mass is 766 g/mol. The van der Waals surface area contributed by atoms with Crippen LogP contribution < -0.4 is 24.8 Å². The molecule has 0 saturated carbocycles. The molecule has 0 bridgehead atoms. The maximum absolute atomic E-state index is 3.96. The average Bonchev–Trinajstić information content (AvgIpc) is 3.66. The molecule has 1 aliphatic carbocycles. The molecule has 0 aliphatic heterocycles. The normalized spacial score (nSPS) is 12.3. The Hall–Kier alpha value is -2.31. The maximum Gasteiger partial charge on any atom is 4.00 e. The Morgan fingerprint density at radius 1 is 0.510 bits per heavy atom. The van der Waals surface area contributed by atoms with Gasteiger partial charge in [-0.1, -0.05) is 160 Å². The molecular formula is C46H54Cl2Zr. The van der Waals surface area contributed by atoms with Gasteiger partial charge < -0.3 is 24.8 Å². The van der Waals surface area contributed by atoms with Crippen molar-refractivity contribution in [3.8, 4) is 33.4 Å². The van der Waals surface area contributed by atoms with Crippen LogP contribution in [0.25, 0.3) is 33.4 Å². The van der Waals surface area contributed by atoms with Crippen LogP contribution in [0.5, 0.6) is 0 Å². The van der Waals surface area contributed by atoms with E-state index in [1.54, 1.807) is 0 Å². The molecule has 3 heteroatoms. The van der Waals surface area contributed by atoms with Gasteiger partial charge in [0, 0.05) is 0 Å². The molecule has 49 heavy (non-hydrogen) atoms. The molecule has 0 amide bonds. The van der Waals surface area contributed by atoms with Gasteiger partial charge in [0.05, 0.1) is 0 Å². The summed E-state index contributed by atoms with van der Waals surface area (Å²) >= 11 is 0. The van der Waals surface area contributed by atoms with Crippen LogP contribution in [0, 0.1) is 6.07 Å². The van der Waals surface area contributed by atoms with Crippen molar-refractivity contribution in [1.82, 2.24) is 0 Å². The fraction of sp³-hybridized carbons (Fsp3) is 0.370. The van der Waals surface area contributed by atoms with Crippen LogP contribution in [0.3, 0.4) is 0 Å². The predicted octanol–water partition coefficient (Wildman–Crippen LogP) is 6.99. The van der Waals surface area contributed by atoms with E-state index in [1.807, 2.05) is 30.3 Å². The molecule has 0 aromatic heterocycles. The zero-order chi connectivity index (χ0) is 33.7. The van der Waals surface area contributed by atoms with Gasteiger partial charge in [0.1, 0.15) is 0 Å². The van der Waals surface area contributed by atoms with Crippen molar-refractivity contribution in [2.75, 3.05) is 0 Å². The van der Waals surface area contributed by atoms with Gasteiger partial charge in [-0.15, -0.1) is 28.8 Å². The topological polar surface area (TPSA) is 0 Å². The summed E-state index contributed by atoms with van der Waals surface area (Å²) in [6, 6.07) is 39.9. The summed E-state index contributed by atoms with van der Waals surface area (Å²) in [5.74, 6) is 0. The first-order valence-electron chi connectivity index (χ1n) is 17.0. The number of hydrogen-bond donors (Lipinski definition) is 0. The molecule has 5 aromatic carbocycles. The Labute approximate surface area is 329 Å². The number of fused-ring (bicyclic) bond motifs is 3. The van der Waals surface area contributed by atoms with Gasteiger partial charge in [-0.3, -0.25) is 0 Å². The summed E-state index contributed by atoms with van der Waals surface area (Å²) < 4.78 is 0. The van der Waals surface area contributed by atoms with Crippen LogP contribution in [0.1, 0.15) is 116 Å². The molecule has 0 heterocycles. The fourth-order valence-corrected chi connectivity index (χ4v) is 6.49. The Balaban J connectivity index is 0.000000956. The third-order valence-electron chi connectivity index (χ3n) is 9.33. The van der Waals surface area contributed by atoms with E-state index < -0.39 is 0 Å². The molecule has 0 saturated heterocycles. The molecule has 0 nitrogen and oxygen atoms in total. The van der Waals surface area contributed by atoms with Crippen molar-refractivity contribution < 1.29 is 51.0 Å². The Kier molecular flexibility index (Phi) is 13.9. The summed E-state index contributed by atoms with van der Waals surface area (Å²) in [4.78, 5) is 0. The number of rotatable bonds is 2. The van der Waals surface area contributed by atoms with Crippen LogP contribution in [-0.4, -0.2) is 0 Å². The van der Waals surface area contributed by atoms with Crippen molar-refractivity contribution in [3.05, 3.63) is 137 Å². The van der Waals surface area contributed by atoms with E-state index in [2.05, 4.69) is 156 Å². The SMILES string of the molecule is CC(C)(C)c1ccc(-c2[c-]c3c(cc2C(C)(C)C)-c2cc(C(C)(C)C)c(-c4ccc(C(C)(C)C)cc4)cc2C3)cc1.[Cl-].[Cl-].[Zr+4].c1cc[cH-]c1. The molecule has 0 N–H and O–H groups in total. The molecule has 6 rings (SSSR count). The first kappa shape index (κ1) is 42.9. The van der Waals surface area contributed by atoms with Crippen molar-refractivity contribution in [2.45, 2.75) is 111 Å². The van der Waals surface area contributed by atoms with Crippen LogP contribution in [-0.2, 0) is 54.3 Å². The van der Waals surface area contributed by atoms with Crippen molar-refractivity contribution >= 4 is 0 Å². The summed E-state index contributed by atoms with van der Waals surface area (Å²) in [6.45, 7) is 27.7. The van der Waals surface area contributed by atoms with E-state index in [-0.39, 0.29) is 72.7 Å². The summed E-state index contributed by atoms with van der Waals surface area (Å²) in [6.07, 6.45) is 0.930. The molecule has 0 fully saturated rings. The maximum atomic E-state index is 3.96. The standard InChI is InChI=1S/C41H49.C5H5.2ClH.Zr/c1-38(2,3)30-17-13-26(14-18-30)34-22-28-21-29-23-35(27-15-19-31(20-16-27)39(4,5)6)37(41(10,11)12)25-33(29)32(28)24-36(34)40(7,8)9;1-2-4-5-3-1;;;/h13-20,22,24-25H,21H2,1-12H3;1-5H;2*1H;/q2*-1;;;+4/p-2. The van der Waals surface area contributed by atoms with Crippen LogP contribution >= 0.6 is 0 Å². The zero-order valence-electron chi connectivity index (χ0n) is 31.7. The minimum absolute atomic E-state index is 0. The fourth-order valence-electron chi connectivity index (χ4n) is 6.49. The summed E-state index contributed by atoms with van der Waals surface area (Å²) in [5, 5.41) is 0. The third kappa shape index (κ3) is 9.73. The van der Waals surface area contributed by atoms with Gasteiger partial charge in [-0.25, -0.2) is 12.1 Å². The Morgan fingerprint density at radius 3 is 1.37 bits per heavy atom. The van der Waals surface area contributed by atoms with E-state index in [0.717, 1.165) is 6.42 Å². The molecule has 0 radical (unpaired) electrons. The van der Waals surface area contributed by atoms with Crippen LogP contribution in [0.15, 0.2) is 97.1 Å². The molecule has 0 spiro atoms. The molecule has 256 valence electrons. The van der Waals surface area contributed by atoms with Crippen LogP contribution in [0.2, 0.25) is 0 Å². The second-order valence-corrected chi connectivity index (χ2v) is 17.3. The van der Waals surface area contributed by atoms with E-state index in [9.17, 15) is 0 Å². The van der Waals surface area contributed by atoms with E-state index in [1.165, 1.54) is 66.8 Å². The smallest absolute Gasteiger partial charge is 1.00 e. The Bertz CT molecular complexity index is 1660. The van der Waals surface area contributed by atoms with E-state index >= 15 is 0 Å². The quantitative estimate of drug-likeness (QED) is 0.167. The molecule has 1 aliphatic rings. The average molecular weight is 769 g/mol. The molecule has 0 atom stereocenters. The minimum atomic E-state index is 0. The van der Waals surface area contributed by atoms with E-state index in [0.29, 0.717) is 0 Å². The molecular weight excluding hydrogens is 715 g/mol. The van der Waals surface area contributed by atoms with Gasteiger partial charge in [0.25, 0.3) is 0 Å². The largest absolute Gasteiger partial charge is 4.00 e. The number of halogens is 2. The van der Waals surface area contributed by atoms with Gasteiger partial charge in [-0.05, 0) is 61.5 Å². The minimum Gasteiger partial charge on any atom is -1.00 e. The second-order valence-electron chi connectivity index (χ2n) is 17.3. The summed E-state index contributed by atoms with van der Waals surface area (Å²) in [7, 11) is 0. The summed E-state index contributed by atoms with van der Waals surface area (Å²) in [5.41, 5.74) is 16.5. The first-order valence-corrected chi connectivity index (χ1v) is 17.0. The zero-order valence-corrected chi connectivity index (χ0v) is 35.7. The van der Waals surface area contributed by atoms with Gasteiger partial charge in [0.2, 0.25) is 0 Å². The molecule has 5 aromatic rings. The van der Waals surface area contributed by atoms with Crippen molar-refractivity contribution in [2.24, 2.45) is 0 Å². The van der Waals surface area contributed by atoms with E-state index in [4.69, 9.17) is 0 Å². The number of hydrogen-bond acceptors (Lipinski definition) is 0. The number of benzene rings is 4.